The summed E-state index contributed by atoms with van der Waals surface area (Å²) in [5, 5.41) is 0. The minimum absolute atomic E-state index is 0.149. The van der Waals surface area contributed by atoms with Crippen LogP contribution in [0, 0.1) is 0 Å². The van der Waals surface area contributed by atoms with Gasteiger partial charge < -0.3 is 14.4 Å². The Morgan fingerprint density at radius 2 is 1.82 bits per heavy atom. The maximum Gasteiger partial charge on any atom is 0.292 e. The van der Waals surface area contributed by atoms with Crippen LogP contribution < -0.4 is 9.47 Å². The second kappa shape index (κ2) is 4.91. The Morgan fingerprint density at radius 1 is 1.18 bits per heavy atom. The second-order valence-corrected chi connectivity index (χ2v) is 3.63. The highest BCUT2D eigenvalue weighted by Gasteiger charge is 2.22. The van der Waals surface area contributed by atoms with Crippen LogP contribution in [0.1, 0.15) is 13.8 Å². The van der Waals surface area contributed by atoms with Gasteiger partial charge in [-0.25, -0.2) is 0 Å². The summed E-state index contributed by atoms with van der Waals surface area (Å²) in [6, 6.07) is 7.27. The average Bonchev–Trinajstić information content (AvgIpc) is 2.39. The number of carbonyl (C=O) groups excluding carboxylic acids is 1. The van der Waals surface area contributed by atoms with Crippen molar-refractivity contribution >= 4 is 5.91 Å². The third-order valence-corrected chi connectivity index (χ3v) is 2.62. The standard InChI is InChI=1S/C13H15NO3/c1-3-14(4-2)13(15)12-9-16-10-7-5-6-8-11(10)17-12/h5-9H,3-4H2,1-2H3. The SMILES string of the molecule is CCN(CC)C(=O)C1=COc2ccccc2O1. The molecule has 0 unspecified atom stereocenters. The van der Waals surface area contributed by atoms with Crippen molar-refractivity contribution in [3.63, 3.8) is 0 Å². The molecular weight excluding hydrogens is 218 g/mol. The monoisotopic (exact) mass is 233 g/mol. The smallest absolute Gasteiger partial charge is 0.292 e. The molecule has 0 atom stereocenters. The first-order valence-corrected chi connectivity index (χ1v) is 5.69. The molecule has 4 heteroatoms. The first-order valence-electron chi connectivity index (χ1n) is 5.69. The lowest BCUT2D eigenvalue weighted by Gasteiger charge is -2.23. The van der Waals surface area contributed by atoms with Gasteiger partial charge in [0.05, 0.1) is 0 Å². The number of likely N-dealkylation sites (N-methyl/N-ethyl adjacent to an activating group) is 1. The van der Waals surface area contributed by atoms with Crippen molar-refractivity contribution in [1.82, 2.24) is 4.90 Å². The van der Waals surface area contributed by atoms with Crippen molar-refractivity contribution in [2.45, 2.75) is 13.8 Å². The normalized spacial score (nSPS) is 12.9. The number of benzene rings is 1. The molecule has 0 spiro atoms. The predicted molar refractivity (Wildman–Crippen MR) is 63.7 cm³/mol. The van der Waals surface area contributed by atoms with Crippen LogP contribution in [0.3, 0.4) is 0 Å². The van der Waals surface area contributed by atoms with Gasteiger partial charge in [0.25, 0.3) is 5.91 Å². The van der Waals surface area contributed by atoms with Gasteiger partial charge in [-0.2, -0.15) is 0 Å². The van der Waals surface area contributed by atoms with Crippen LogP contribution in [0.15, 0.2) is 36.3 Å². The van der Waals surface area contributed by atoms with E-state index in [1.54, 1.807) is 17.0 Å². The number of amides is 1. The summed E-state index contributed by atoms with van der Waals surface area (Å²) >= 11 is 0. The summed E-state index contributed by atoms with van der Waals surface area (Å²) in [4.78, 5) is 13.7. The Balaban J connectivity index is 2.16. The quantitative estimate of drug-likeness (QED) is 0.803. The lowest BCUT2D eigenvalue weighted by Crippen LogP contribution is -2.34. The van der Waals surface area contributed by atoms with Crippen molar-refractivity contribution in [3.05, 3.63) is 36.3 Å². The summed E-state index contributed by atoms with van der Waals surface area (Å²) in [6.07, 6.45) is 1.36. The fourth-order valence-corrected chi connectivity index (χ4v) is 1.65. The molecule has 0 aromatic heterocycles. The van der Waals surface area contributed by atoms with Crippen molar-refractivity contribution < 1.29 is 14.3 Å². The molecule has 0 saturated heterocycles. The highest BCUT2D eigenvalue weighted by Crippen LogP contribution is 2.32. The summed E-state index contributed by atoms with van der Waals surface area (Å²) < 4.78 is 10.9. The zero-order valence-electron chi connectivity index (χ0n) is 9.97. The molecular formula is C13H15NO3. The number of carbonyl (C=O) groups is 1. The number of hydrogen-bond acceptors (Lipinski definition) is 3. The van der Waals surface area contributed by atoms with Gasteiger partial charge in [-0.3, -0.25) is 4.79 Å². The lowest BCUT2D eigenvalue weighted by atomic mass is 10.3. The van der Waals surface area contributed by atoms with Gasteiger partial charge in [-0.05, 0) is 26.0 Å². The van der Waals surface area contributed by atoms with Crippen LogP contribution in [0.4, 0.5) is 0 Å². The molecule has 1 heterocycles. The number of fused-ring (bicyclic) bond motifs is 1. The van der Waals surface area contributed by atoms with E-state index in [1.807, 2.05) is 26.0 Å². The van der Waals surface area contributed by atoms with Crippen LogP contribution in [0.2, 0.25) is 0 Å². The Kier molecular flexibility index (Phi) is 3.32. The Hall–Kier alpha value is -1.97. The number of rotatable bonds is 3. The summed E-state index contributed by atoms with van der Waals surface area (Å²) in [7, 11) is 0. The largest absolute Gasteiger partial charge is 0.457 e. The molecule has 0 radical (unpaired) electrons. The van der Waals surface area contributed by atoms with E-state index in [0.29, 0.717) is 24.6 Å². The van der Waals surface area contributed by atoms with Crippen LogP contribution >= 0.6 is 0 Å². The summed E-state index contributed by atoms with van der Waals surface area (Å²) in [5.74, 6) is 1.28. The van der Waals surface area contributed by atoms with E-state index in [1.165, 1.54) is 6.26 Å². The molecule has 0 N–H and O–H groups in total. The first kappa shape index (κ1) is 11.5. The molecule has 1 amide bonds. The Bertz CT molecular complexity index is 450. The maximum absolute atomic E-state index is 12.0. The van der Waals surface area contributed by atoms with E-state index in [2.05, 4.69) is 0 Å². The zero-order valence-corrected chi connectivity index (χ0v) is 9.97. The van der Waals surface area contributed by atoms with Crippen molar-refractivity contribution in [2.24, 2.45) is 0 Å². The van der Waals surface area contributed by atoms with E-state index in [4.69, 9.17) is 9.47 Å². The van der Waals surface area contributed by atoms with Crippen LogP contribution in [-0.4, -0.2) is 23.9 Å². The number of nitrogens with zero attached hydrogens (tertiary/aromatic N) is 1. The first-order chi connectivity index (χ1) is 8.26. The second-order valence-electron chi connectivity index (χ2n) is 3.63. The van der Waals surface area contributed by atoms with Crippen molar-refractivity contribution in [2.75, 3.05) is 13.1 Å². The van der Waals surface area contributed by atoms with E-state index in [-0.39, 0.29) is 11.7 Å². The van der Waals surface area contributed by atoms with E-state index >= 15 is 0 Å². The van der Waals surface area contributed by atoms with Gasteiger partial charge in [0, 0.05) is 13.1 Å². The minimum atomic E-state index is -0.149. The fraction of sp³-hybridized carbons (Fsp3) is 0.308. The average molecular weight is 233 g/mol. The molecule has 17 heavy (non-hydrogen) atoms. The topological polar surface area (TPSA) is 38.8 Å². The molecule has 4 nitrogen and oxygen atoms in total. The number of ether oxygens (including phenoxy) is 2. The van der Waals surface area contributed by atoms with Crippen LogP contribution in [0.5, 0.6) is 11.5 Å². The van der Waals surface area contributed by atoms with E-state index in [9.17, 15) is 4.79 Å². The molecule has 1 aromatic rings. The molecule has 0 fully saturated rings. The predicted octanol–water partition coefficient (Wildman–Crippen LogP) is 2.17. The number of hydrogen-bond donors (Lipinski definition) is 0. The zero-order chi connectivity index (χ0) is 12.3. The van der Waals surface area contributed by atoms with Gasteiger partial charge in [0.2, 0.25) is 5.76 Å². The Morgan fingerprint density at radius 3 is 2.47 bits per heavy atom. The van der Waals surface area contributed by atoms with Gasteiger partial charge in [-0.1, -0.05) is 12.1 Å². The molecule has 1 aliphatic rings. The third-order valence-electron chi connectivity index (χ3n) is 2.62. The molecule has 0 saturated carbocycles. The molecule has 1 aliphatic heterocycles. The molecule has 90 valence electrons. The Labute approximate surface area is 100 Å². The van der Waals surface area contributed by atoms with Gasteiger partial charge in [0.1, 0.15) is 6.26 Å². The highest BCUT2D eigenvalue weighted by atomic mass is 16.6. The summed E-state index contributed by atoms with van der Waals surface area (Å²) in [5.41, 5.74) is 0. The van der Waals surface area contributed by atoms with Crippen molar-refractivity contribution in [1.29, 1.82) is 0 Å². The third kappa shape index (κ3) is 2.25. The minimum Gasteiger partial charge on any atom is -0.457 e. The lowest BCUT2D eigenvalue weighted by molar-refractivity contribution is -0.129. The highest BCUT2D eigenvalue weighted by molar-refractivity contribution is 5.92. The molecule has 0 aliphatic carbocycles. The van der Waals surface area contributed by atoms with Gasteiger partial charge in [0.15, 0.2) is 11.5 Å². The molecule has 0 bridgehead atoms. The van der Waals surface area contributed by atoms with Crippen LogP contribution in [0.25, 0.3) is 0 Å². The number of para-hydroxylation sites is 2. The van der Waals surface area contributed by atoms with E-state index in [0.717, 1.165) is 0 Å². The van der Waals surface area contributed by atoms with Crippen LogP contribution in [-0.2, 0) is 4.79 Å². The van der Waals surface area contributed by atoms with Gasteiger partial charge in [-0.15, -0.1) is 0 Å². The maximum atomic E-state index is 12.0. The summed E-state index contributed by atoms with van der Waals surface area (Å²) in [6.45, 7) is 5.16. The molecule has 1 aromatic carbocycles. The molecule has 2 rings (SSSR count). The van der Waals surface area contributed by atoms with Gasteiger partial charge >= 0.3 is 0 Å². The van der Waals surface area contributed by atoms with Crippen molar-refractivity contribution in [3.8, 4) is 11.5 Å². The van der Waals surface area contributed by atoms with E-state index < -0.39 is 0 Å². The fourth-order valence-electron chi connectivity index (χ4n) is 1.65.